The molecule has 0 spiro atoms. The van der Waals surface area contributed by atoms with Crippen molar-refractivity contribution in [3.63, 3.8) is 0 Å². The molecule has 1 aromatic heterocycles. The van der Waals surface area contributed by atoms with Crippen LogP contribution in [0, 0.1) is 11.8 Å². The highest BCUT2D eigenvalue weighted by molar-refractivity contribution is 5.75. The van der Waals surface area contributed by atoms with Crippen LogP contribution in [0.5, 0.6) is 0 Å². The van der Waals surface area contributed by atoms with Gasteiger partial charge >= 0.3 is 6.03 Å². The lowest BCUT2D eigenvalue weighted by atomic mass is 9.85. The fourth-order valence-electron chi connectivity index (χ4n) is 7.14. The maximum Gasteiger partial charge on any atom is 0.317 e. The van der Waals surface area contributed by atoms with E-state index in [9.17, 15) is 4.79 Å². The largest absolute Gasteiger partial charge is 0.339 e. The van der Waals surface area contributed by atoms with Crippen molar-refractivity contribution in [3.8, 4) is 0 Å². The van der Waals surface area contributed by atoms with Gasteiger partial charge in [-0.1, -0.05) is 5.16 Å². The fraction of sp³-hybridized carbons (Fsp3) is 0.885. The van der Waals surface area contributed by atoms with Gasteiger partial charge in [0.25, 0.3) is 5.92 Å². The molecule has 5 atom stereocenters. The van der Waals surface area contributed by atoms with Crippen molar-refractivity contribution in [2.75, 3.05) is 39.3 Å². The summed E-state index contributed by atoms with van der Waals surface area (Å²) in [5, 5.41) is 7.06. The normalized spacial score (nSPS) is 35.4. The number of alkyl halides is 2. The highest BCUT2D eigenvalue weighted by Gasteiger charge is 2.51. The number of fused-ring (bicyclic) bond motifs is 1. The van der Waals surface area contributed by atoms with E-state index in [1.807, 2.05) is 0 Å². The second kappa shape index (κ2) is 9.49. The minimum Gasteiger partial charge on any atom is -0.339 e. The number of halogens is 2. The molecule has 5 aliphatic rings. The molecule has 3 aliphatic carbocycles. The maximum atomic E-state index is 15.2. The van der Waals surface area contributed by atoms with Crippen LogP contribution in [0.25, 0.3) is 0 Å². The molecule has 36 heavy (non-hydrogen) atoms. The third kappa shape index (κ3) is 4.75. The lowest BCUT2D eigenvalue weighted by molar-refractivity contribution is -0.0971. The smallest absolute Gasteiger partial charge is 0.317 e. The Balaban J connectivity index is 1.06. The number of likely N-dealkylation sites (tertiary alicyclic amines) is 1. The van der Waals surface area contributed by atoms with E-state index >= 15 is 8.78 Å². The molecule has 2 amide bonds. The first-order valence-electron chi connectivity index (χ1n) is 14.0. The lowest BCUT2D eigenvalue weighted by Crippen LogP contribution is -2.65. The van der Waals surface area contributed by atoms with E-state index in [0.29, 0.717) is 49.7 Å². The van der Waals surface area contributed by atoms with E-state index in [0.717, 1.165) is 63.6 Å². The van der Waals surface area contributed by atoms with Crippen molar-refractivity contribution in [1.29, 1.82) is 0 Å². The summed E-state index contributed by atoms with van der Waals surface area (Å²) in [6.45, 7) is 8.92. The average Bonchev–Trinajstić information content (AvgIpc) is 3.24. The quantitative estimate of drug-likeness (QED) is 0.657. The van der Waals surface area contributed by atoms with Crippen molar-refractivity contribution < 1.29 is 18.1 Å². The summed E-state index contributed by atoms with van der Waals surface area (Å²) in [4.78, 5) is 24.2. The van der Waals surface area contributed by atoms with Gasteiger partial charge in [0.2, 0.25) is 5.89 Å². The number of amides is 2. The summed E-state index contributed by atoms with van der Waals surface area (Å²) in [5.41, 5.74) is 0. The molecule has 8 nitrogen and oxygen atoms in total. The maximum absolute atomic E-state index is 15.2. The second-order valence-electron chi connectivity index (χ2n) is 12.2. The Morgan fingerprint density at radius 1 is 1.06 bits per heavy atom. The molecule has 1 aromatic rings. The number of carbonyl (C=O) groups excluding carboxylic acids is 1. The molecule has 6 rings (SSSR count). The van der Waals surface area contributed by atoms with Crippen molar-refractivity contribution >= 4 is 6.03 Å². The number of piperazine rings is 1. The minimum atomic E-state index is -2.88. The van der Waals surface area contributed by atoms with Crippen molar-refractivity contribution in [2.45, 2.75) is 94.7 Å². The highest BCUT2D eigenvalue weighted by Crippen LogP contribution is 2.47. The predicted octanol–water partition coefficient (Wildman–Crippen LogP) is 3.66. The van der Waals surface area contributed by atoms with Crippen LogP contribution < -0.4 is 5.32 Å². The lowest BCUT2D eigenvalue weighted by Gasteiger charge is -2.47. The van der Waals surface area contributed by atoms with Crippen LogP contribution in [0.4, 0.5) is 13.6 Å². The molecular formula is C26H40F2N6O2. The Bertz CT molecular complexity index is 931. The van der Waals surface area contributed by atoms with Gasteiger partial charge in [0.1, 0.15) is 6.04 Å². The molecule has 2 saturated heterocycles. The Labute approximate surface area is 212 Å². The Kier molecular flexibility index (Phi) is 6.47. The van der Waals surface area contributed by atoms with Crippen LogP contribution in [0.3, 0.4) is 0 Å². The monoisotopic (exact) mass is 506 g/mol. The van der Waals surface area contributed by atoms with E-state index in [4.69, 9.17) is 4.52 Å². The molecule has 5 fully saturated rings. The number of hydrogen-bond donors (Lipinski definition) is 1. The average molecular weight is 507 g/mol. The van der Waals surface area contributed by atoms with Gasteiger partial charge in [-0.15, -0.1) is 0 Å². The Hall–Kier alpha value is -1.81. The van der Waals surface area contributed by atoms with Gasteiger partial charge in [-0.3, -0.25) is 9.80 Å². The van der Waals surface area contributed by atoms with E-state index < -0.39 is 12.0 Å². The van der Waals surface area contributed by atoms with Gasteiger partial charge in [0.15, 0.2) is 5.82 Å². The van der Waals surface area contributed by atoms with E-state index in [-0.39, 0.29) is 24.4 Å². The van der Waals surface area contributed by atoms with Crippen LogP contribution in [-0.4, -0.2) is 94.2 Å². The molecule has 0 aromatic carbocycles. The molecule has 3 heterocycles. The number of hydrogen-bond acceptors (Lipinski definition) is 6. The molecule has 2 aliphatic heterocycles. The number of carbonyl (C=O) groups is 1. The topological polar surface area (TPSA) is 77.7 Å². The van der Waals surface area contributed by atoms with E-state index in [1.165, 1.54) is 0 Å². The molecular weight excluding hydrogens is 466 g/mol. The summed E-state index contributed by atoms with van der Waals surface area (Å²) in [6.07, 6.45) is 5.19. The third-order valence-corrected chi connectivity index (χ3v) is 9.46. The molecule has 200 valence electrons. The Morgan fingerprint density at radius 3 is 2.39 bits per heavy atom. The molecule has 0 bridgehead atoms. The number of aromatic nitrogens is 2. The summed E-state index contributed by atoms with van der Waals surface area (Å²) in [6, 6.07) is -1.30. The number of urea groups is 1. The van der Waals surface area contributed by atoms with Gasteiger partial charge in [-0.05, 0) is 64.2 Å². The predicted molar refractivity (Wildman–Crippen MR) is 130 cm³/mol. The highest BCUT2D eigenvalue weighted by atomic mass is 19.3. The zero-order valence-electron chi connectivity index (χ0n) is 21.5. The molecule has 10 heteroatoms. The van der Waals surface area contributed by atoms with Gasteiger partial charge in [0, 0.05) is 69.6 Å². The number of nitrogens with zero attached hydrogens (tertiary/aromatic N) is 5. The van der Waals surface area contributed by atoms with E-state index in [1.54, 1.807) is 4.90 Å². The van der Waals surface area contributed by atoms with Crippen molar-refractivity contribution in [1.82, 2.24) is 30.2 Å². The molecule has 3 saturated carbocycles. The molecule has 1 N–H and O–H groups in total. The summed E-state index contributed by atoms with van der Waals surface area (Å²) < 4.78 is 35.8. The van der Waals surface area contributed by atoms with Gasteiger partial charge in [0.05, 0.1) is 0 Å². The van der Waals surface area contributed by atoms with Crippen LogP contribution in [0.2, 0.25) is 0 Å². The fourth-order valence-corrected chi connectivity index (χ4v) is 7.14. The Morgan fingerprint density at radius 2 is 1.75 bits per heavy atom. The van der Waals surface area contributed by atoms with Crippen molar-refractivity contribution in [2.24, 2.45) is 11.8 Å². The number of nitrogens with one attached hydrogen (secondary N) is 1. The minimum absolute atomic E-state index is 0.152. The SMILES string of the molecule is CC(C)N1CCN([C@H]2CCCC(F)(F)[C@@H]2NC(=O)N2C[C@H]3C[C@H](c4noc(C5CC5)n4)C[C@H]3C2)CC1. The first-order valence-corrected chi connectivity index (χ1v) is 14.0. The standard InChI is InChI=1S/C26H40F2N6O2/c1-16(2)32-8-10-33(11-9-32)21-4-3-7-26(27,28)22(21)29-25(35)34-14-19-12-18(13-20(19)15-34)23-30-24(36-31-23)17-5-6-17/h16-22H,3-15H2,1-2H3,(H,29,35)/t18-,19+,20-,21-,22+/m0/s1. The zero-order chi connectivity index (χ0) is 25.0. The van der Waals surface area contributed by atoms with Crippen LogP contribution in [0.15, 0.2) is 4.52 Å². The number of rotatable bonds is 5. The zero-order valence-corrected chi connectivity index (χ0v) is 21.5. The van der Waals surface area contributed by atoms with Gasteiger partial charge in [-0.2, -0.15) is 4.98 Å². The van der Waals surface area contributed by atoms with Crippen LogP contribution >= 0.6 is 0 Å². The third-order valence-electron chi connectivity index (χ3n) is 9.46. The first-order chi connectivity index (χ1) is 17.3. The molecule has 0 unspecified atom stereocenters. The summed E-state index contributed by atoms with van der Waals surface area (Å²) >= 11 is 0. The summed E-state index contributed by atoms with van der Waals surface area (Å²) in [5.74, 6) is 0.170. The van der Waals surface area contributed by atoms with Gasteiger partial charge in [-0.25, -0.2) is 13.6 Å². The van der Waals surface area contributed by atoms with Crippen LogP contribution in [-0.2, 0) is 0 Å². The second-order valence-corrected chi connectivity index (χ2v) is 12.2. The van der Waals surface area contributed by atoms with Crippen molar-refractivity contribution in [3.05, 3.63) is 11.7 Å². The first kappa shape index (κ1) is 24.5. The van der Waals surface area contributed by atoms with Crippen LogP contribution in [0.1, 0.15) is 82.3 Å². The van der Waals surface area contributed by atoms with Gasteiger partial charge < -0.3 is 14.7 Å². The summed E-state index contributed by atoms with van der Waals surface area (Å²) in [7, 11) is 0. The van der Waals surface area contributed by atoms with E-state index in [2.05, 4.69) is 39.1 Å². The molecule has 0 radical (unpaired) electrons.